The van der Waals surface area contributed by atoms with Crippen molar-refractivity contribution in [3.05, 3.63) is 17.0 Å². The van der Waals surface area contributed by atoms with Crippen molar-refractivity contribution in [1.29, 1.82) is 0 Å². The summed E-state index contributed by atoms with van der Waals surface area (Å²) < 4.78 is 5.31. The highest BCUT2D eigenvalue weighted by Gasteiger charge is 2.27. The van der Waals surface area contributed by atoms with Gasteiger partial charge in [0.15, 0.2) is 5.96 Å². The summed E-state index contributed by atoms with van der Waals surface area (Å²) in [5, 5.41) is 4.08. The molecule has 0 saturated heterocycles. The minimum Gasteiger partial charge on any atom is -0.370 e. The van der Waals surface area contributed by atoms with Crippen molar-refractivity contribution in [1.82, 2.24) is 10.1 Å². The van der Waals surface area contributed by atoms with Crippen LogP contribution in [-0.4, -0.2) is 29.1 Å². The van der Waals surface area contributed by atoms with Crippen LogP contribution in [-0.2, 0) is 19.4 Å². The summed E-state index contributed by atoms with van der Waals surface area (Å²) in [7, 11) is 2.01. The molecule has 1 aliphatic carbocycles. The Labute approximate surface area is 108 Å². The molecule has 1 fully saturated rings. The number of nitrogens with two attached hydrogens (primary N) is 1. The molecule has 2 rings (SSSR count). The highest BCUT2D eigenvalue weighted by Crippen LogP contribution is 2.25. The van der Waals surface area contributed by atoms with Gasteiger partial charge in [0.25, 0.3) is 0 Å². The van der Waals surface area contributed by atoms with E-state index in [1.165, 1.54) is 12.8 Å². The molecule has 1 heterocycles. The summed E-state index contributed by atoms with van der Waals surface area (Å²) in [6, 6.07) is 0.590. The van der Waals surface area contributed by atoms with Gasteiger partial charge in [-0.05, 0) is 19.3 Å². The standard InChI is InChI=1S/C13H22N4O/c1-4-11-10(12(5-2)18-16-11)8-15-13(14)17(3)9-6-7-9/h9H,4-8H2,1-3H3,(H2,14,15). The van der Waals surface area contributed by atoms with Gasteiger partial charge in [-0.3, -0.25) is 0 Å². The lowest BCUT2D eigenvalue weighted by Crippen LogP contribution is -2.35. The van der Waals surface area contributed by atoms with E-state index in [4.69, 9.17) is 10.3 Å². The average Bonchev–Trinajstić information content (AvgIpc) is 3.15. The van der Waals surface area contributed by atoms with E-state index in [0.29, 0.717) is 18.5 Å². The van der Waals surface area contributed by atoms with Gasteiger partial charge in [0.1, 0.15) is 5.76 Å². The van der Waals surface area contributed by atoms with Crippen LogP contribution in [0.25, 0.3) is 0 Å². The smallest absolute Gasteiger partial charge is 0.191 e. The summed E-state index contributed by atoms with van der Waals surface area (Å²) in [5.74, 6) is 1.54. The summed E-state index contributed by atoms with van der Waals surface area (Å²) in [4.78, 5) is 6.53. The molecular formula is C13H22N4O. The fourth-order valence-electron chi connectivity index (χ4n) is 2.04. The number of hydrogen-bond acceptors (Lipinski definition) is 3. The molecule has 2 N–H and O–H groups in total. The van der Waals surface area contributed by atoms with Gasteiger partial charge >= 0.3 is 0 Å². The Morgan fingerprint density at radius 3 is 2.72 bits per heavy atom. The molecule has 5 heteroatoms. The normalized spacial score (nSPS) is 16.1. The Morgan fingerprint density at radius 2 is 2.17 bits per heavy atom. The molecule has 0 amide bonds. The summed E-state index contributed by atoms with van der Waals surface area (Å²) >= 11 is 0. The van der Waals surface area contributed by atoms with Crippen LogP contribution in [0.1, 0.15) is 43.7 Å². The predicted molar refractivity (Wildman–Crippen MR) is 71.4 cm³/mol. The number of rotatable bonds is 5. The Hall–Kier alpha value is -1.52. The topological polar surface area (TPSA) is 67.6 Å². The van der Waals surface area contributed by atoms with Crippen LogP contribution in [0.5, 0.6) is 0 Å². The quantitative estimate of drug-likeness (QED) is 0.638. The Balaban J connectivity index is 2.08. The summed E-state index contributed by atoms with van der Waals surface area (Å²) in [6.07, 6.45) is 4.16. The molecule has 1 saturated carbocycles. The first-order valence-corrected chi connectivity index (χ1v) is 6.66. The van der Waals surface area contributed by atoms with E-state index < -0.39 is 0 Å². The highest BCUT2D eigenvalue weighted by molar-refractivity contribution is 5.78. The molecule has 100 valence electrons. The fourth-order valence-corrected chi connectivity index (χ4v) is 2.04. The second kappa shape index (κ2) is 5.42. The van der Waals surface area contributed by atoms with E-state index in [1.54, 1.807) is 0 Å². The molecule has 1 aromatic rings. The summed E-state index contributed by atoms with van der Waals surface area (Å²) in [5.41, 5.74) is 8.08. The third-order valence-corrected chi connectivity index (χ3v) is 3.46. The third kappa shape index (κ3) is 2.66. The van der Waals surface area contributed by atoms with Crippen LogP contribution >= 0.6 is 0 Å². The molecule has 0 aliphatic heterocycles. The van der Waals surface area contributed by atoms with Crippen LogP contribution in [0.3, 0.4) is 0 Å². The second-order valence-electron chi connectivity index (χ2n) is 4.75. The largest absolute Gasteiger partial charge is 0.370 e. The molecule has 0 aromatic carbocycles. The van der Waals surface area contributed by atoms with Crippen molar-refractivity contribution >= 4 is 5.96 Å². The molecule has 0 radical (unpaired) electrons. The Kier molecular flexibility index (Phi) is 3.89. The molecule has 5 nitrogen and oxygen atoms in total. The maximum Gasteiger partial charge on any atom is 0.191 e. The number of guanidine groups is 1. The maximum absolute atomic E-state index is 5.98. The van der Waals surface area contributed by atoms with E-state index in [0.717, 1.165) is 29.9 Å². The number of aromatic nitrogens is 1. The first-order valence-electron chi connectivity index (χ1n) is 6.66. The maximum atomic E-state index is 5.98. The van der Waals surface area contributed by atoms with Crippen molar-refractivity contribution in [2.45, 2.75) is 52.1 Å². The first kappa shape index (κ1) is 12.9. The second-order valence-corrected chi connectivity index (χ2v) is 4.75. The van der Waals surface area contributed by atoms with E-state index in [-0.39, 0.29) is 0 Å². The zero-order chi connectivity index (χ0) is 13.1. The van der Waals surface area contributed by atoms with Gasteiger partial charge in [0.2, 0.25) is 0 Å². The number of aryl methyl sites for hydroxylation is 2. The summed E-state index contributed by atoms with van der Waals surface area (Å²) in [6.45, 7) is 4.70. The first-order chi connectivity index (χ1) is 8.67. The van der Waals surface area contributed by atoms with Crippen LogP contribution in [0, 0.1) is 0 Å². The molecule has 0 spiro atoms. The molecule has 0 bridgehead atoms. The fraction of sp³-hybridized carbons (Fsp3) is 0.692. The van der Waals surface area contributed by atoms with Crippen LogP contribution in [0.15, 0.2) is 9.52 Å². The molecule has 0 unspecified atom stereocenters. The van der Waals surface area contributed by atoms with Crippen molar-refractivity contribution < 1.29 is 4.52 Å². The van der Waals surface area contributed by atoms with Gasteiger partial charge in [-0.15, -0.1) is 0 Å². The molecular weight excluding hydrogens is 228 g/mol. The Morgan fingerprint density at radius 1 is 1.44 bits per heavy atom. The van der Waals surface area contributed by atoms with Crippen LogP contribution < -0.4 is 5.73 Å². The molecule has 1 aliphatic rings. The van der Waals surface area contributed by atoms with Crippen LogP contribution in [0.4, 0.5) is 0 Å². The van der Waals surface area contributed by atoms with E-state index in [9.17, 15) is 0 Å². The lowest BCUT2D eigenvalue weighted by molar-refractivity contribution is 0.380. The van der Waals surface area contributed by atoms with Gasteiger partial charge in [-0.1, -0.05) is 19.0 Å². The highest BCUT2D eigenvalue weighted by atomic mass is 16.5. The van der Waals surface area contributed by atoms with Crippen LogP contribution in [0.2, 0.25) is 0 Å². The van der Waals surface area contributed by atoms with Gasteiger partial charge < -0.3 is 15.2 Å². The average molecular weight is 250 g/mol. The Bertz CT molecular complexity index is 413. The minimum absolute atomic E-state index is 0.568. The zero-order valence-electron chi connectivity index (χ0n) is 11.4. The molecule has 0 atom stereocenters. The van der Waals surface area contributed by atoms with E-state index in [2.05, 4.69) is 28.9 Å². The lowest BCUT2D eigenvalue weighted by Gasteiger charge is -2.16. The molecule has 18 heavy (non-hydrogen) atoms. The van der Waals surface area contributed by atoms with E-state index in [1.807, 2.05) is 7.05 Å². The van der Waals surface area contributed by atoms with Crippen molar-refractivity contribution in [3.63, 3.8) is 0 Å². The third-order valence-electron chi connectivity index (χ3n) is 3.46. The van der Waals surface area contributed by atoms with Crippen molar-refractivity contribution in [2.24, 2.45) is 10.7 Å². The zero-order valence-corrected chi connectivity index (χ0v) is 11.4. The van der Waals surface area contributed by atoms with E-state index >= 15 is 0 Å². The minimum atomic E-state index is 0.568. The number of aliphatic imine (C=N–C) groups is 1. The SMILES string of the molecule is CCc1noc(CC)c1CN=C(N)N(C)C1CC1. The van der Waals surface area contributed by atoms with Gasteiger partial charge in [0.05, 0.1) is 12.2 Å². The number of nitrogens with zero attached hydrogens (tertiary/aromatic N) is 3. The lowest BCUT2D eigenvalue weighted by atomic mass is 10.1. The van der Waals surface area contributed by atoms with Crippen molar-refractivity contribution in [3.8, 4) is 0 Å². The predicted octanol–water partition coefficient (Wildman–Crippen LogP) is 1.71. The van der Waals surface area contributed by atoms with Gasteiger partial charge in [0, 0.05) is 25.1 Å². The van der Waals surface area contributed by atoms with Crippen molar-refractivity contribution in [2.75, 3.05) is 7.05 Å². The van der Waals surface area contributed by atoms with Gasteiger partial charge in [-0.2, -0.15) is 0 Å². The monoisotopic (exact) mass is 250 g/mol. The van der Waals surface area contributed by atoms with Gasteiger partial charge in [-0.25, -0.2) is 4.99 Å². The molecule has 1 aromatic heterocycles. The number of hydrogen-bond donors (Lipinski definition) is 1.